The van der Waals surface area contributed by atoms with Gasteiger partial charge in [0.1, 0.15) is 0 Å². The minimum Gasteiger partial charge on any atom is -0.400 e. The van der Waals surface area contributed by atoms with Gasteiger partial charge in [-0.05, 0) is 24.0 Å². The van der Waals surface area contributed by atoms with E-state index < -0.39 is 0 Å². The molecule has 2 aromatic rings. The predicted molar refractivity (Wildman–Crippen MR) is 71.0 cm³/mol. The van der Waals surface area contributed by atoms with Crippen LogP contribution in [0.15, 0.2) is 60.7 Å². The zero-order chi connectivity index (χ0) is 12.1. The molecule has 0 radical (unpaired) electrons. The van der Waals surface area contributed by atoms with Crippen LogP contribution in [0.2, 0.25) is 0 Å². The van der Waals surface area contributed by atoms with Crippen molar-refractivity contribution in [3.8, 4) is 0 Å². The number of hydrogen-bond donors (Lipinski definition) is 1. The Morgan fingerprint density at radius 2 is 1.06 bits per heavy atom. The predicted octanol–water partition coefficient (Wildman–Crippen LogP) is 3.38. The highest BCUT2D eigenvalue weighted by Crippen LogP contribution is 2.53. The summed E-state index contributed by atoms with van der Waals surface area (Å²) in [7, 11) is 1.00. The molecule has 0 unspecified atom stereocenters. The molecule has 0 bridgehead atoms. The van der Waals surface area contributed by atoms with Crippen molar-refractivity contribution in [2.75, 3.05) is 7.11 Å². The van der Waals surface area contributed by atoms with Crippen molar-refractivity contribution in [2.24, 2.45) is 0 Å². The first kappa shape index (κ1) is 11.9. The quantitative estimate of drug-likeness (QED) is 0.832. The second kappa shape index (κ2) is 5.15. The molecule has 1 saturated carbocycles. The lowest BCUT2D eigenvalue weighted by Crippen LogP contribution is -2.07. The first-order valence-electron chi connectivity index (χ1n) is 5.98. The third-order valence-electron chi connectivity index (χ3n) is 3.40. The highest BCUT2D eigenvalue weighted by atomic mass is 16.2. The number of rotatable bonds is 2. The fourth-order valence-electron chi connectivity index (χ4n) is 2.38. The number of benzene rings is 2. The van der Waals surface area contributed by atoms with Crippen LogP contribution in [0.4, 0.5) is 0 Å². The van der Waals surface area contributed by atoms with Gasteiger partial charge >= 0.3 is 0 Å². The molecule has 0 amide bonds. The van der Waals surface area contributed by atoms with E-state index in [0.717, 1.165) is 7.11 Å². The summed E-state index contributed by atoms with van der Waals surface area (Å²) in [4.78, 5) is 0. The van der Waals surface area contributed by atoms with E-state index in [1.54, 1.807) is 0 Å². The van der Waals surface area contributed by atoms with Crippen molar-refractivity contribution >= 4 is 0 Å². The van der Waals surface area contributed by atoms with E-state index in [-0.39, 0.29) is 0 Å². The third-order valence-corrected chi connectivity index (χ3v) is 3.40. The molecule has 0 spiro atoms. The van der Waals surface area contributed by atoms with Crippen LogP contribution in [0.1, 0.15) is 24.0 Å². The van der Waals surface area contributed by atoms with Crippen LogP contribution in [-0.2, 0) is 5.41 Å². The number of aliphatic hydroxyl groups is 1. The normalized spacial score (nSPS) is 15.6. The summed E-state index contributed by atoms with van der Waals surface area (Å²) in [6, 6.07) is 21.7. The van der Waals surface area contributed by atoms with Gasteiger partial charge in [-0.15, -0.1) is 0 Å². The SMILES string of the molecule is CO.c1ccc(C2(c3ccccc3)CC2)cc1. The fourth-order valence-corrected chi connectivity index (χ4v) is 2.38. The van der Waals surface area contributed by atoms with Crippen molar-refractivity contribution in [3.63, 3.8) is 0 Å². The molecule has 0 heterocycles. The van der Waals surface area contributed by atoms with Gasteiger partial charge in [0.05, 0.1) is 0 Å². The second-order valence-electron chi connectivity index (χ2n) is 4.31. The summed E-state index contributed by atoms with van der Waals surface area (Å²) in [5, 5.41) is 7.00. The summed E-state index contributed by atoms with van der Waals surface area (Å²) in [6.07, 6.45) is 2.59. The van der Waals surface area contributed by atoms with Gasteiger partial charge in [-0.1, -0.05) is 60.7 Å². The molecule has 17 heavy (non-hydrogen) atoms. The molecule has 88 valence electrons. The maximum atomic E-state index is 7.00. The topological polar surface area (TPSA) is 20.2 Å². The Morgan fingerprint density at radius 3 is 1.35 bits per heavy atom. The summed E-state index contributed by atoms with van der Waals surface area (Å²) in [5.74, 6) is 0. The van der Waals surface area contributed by atoms with Gasteiger partial charge < -0.3 is 5.11 Å². The fraction of sp³-hybridized carbons (Fsp3) is 0.250. The third kappa shape index (κ3) is 2.25. The molecule has 0 atom stereocenters. The number of aliphatic hydroxyl groups excluding tert-OH is 1. The lowest BCUT2D eigenvalue weighted by molar-refractivity contribution is 0.399. The van der Waals surface area contributed by atoms with Crippen LogP contribution >= 0.6 is 0 Å². The molecule has 1 heteroatoms. The Bertz CT molecular complexity index is 402. The van der Waals surface area contributed by atoms with Gasteiger partial charge in [-0.25, -0.2) is 0 Å². The van der Waals surface area contributed by atoms with Gasteiger partial charge in [-0.2, -0.15) is 0 Å². The Morgan fingerprint density at radius 1 is 0.706 bits per heavy atom. The summed E-state index contributed by atoms with van der Waals surface area (Å²) >= 11 is 0. The standard InChI is InChI=1S/C15H14.CH4O/c1-3-7-13(8-4-1)15(11-12-15)14-9-5-2-6-10-14;1-2/h1-10H,11-12H2;2H,1H3. The van der Waals surface area contributed by atoms with Crippen molar-refractivity contribution in [3.05, 3.63) is 71.8 Å². The van der Waals surface area contributed by atoms with Crippen molar-refractivity contribution in [1.82, 2.24) is 0 Å². The molecular weight excluding hydrogens is 208 g/mol. The van der Waals surface area contributed by atoms with E-state index in [1.165, 1.54) is 24.0 Å². The maximum absolute atomic E-state index is 7.00. The van der Waals surface area contributed by atoms with E-state index in [4.69, 9.17) is 5.11 Å². The van der Waals surface area contributed by atoms with Crippen LogP contribution in [0, 0.1) is 0 Å². The highest BCUT2D eigenvalue weighted by Gasteiger charge is 2.45. The van der Waals surface area contributed by atoms with E-state index in [2.05, 4.69) is 60.7 Å². The monoisotopic (exact) mass is 226 g/mol. The first-order chi connectivity index (χ1) is 8.42. The molecule has 1 aliphatic rings. The van der Waals surface area contributed by atoms with Crippen molar-refractivity contribution in [1.29, 1.82) is 0 Å². The number of hydrogen-bond acceptors (Lipinski definition) is 1. The molecule has 1 N–H and O–H groups in total. The summed E-state index contributed by atoms with van der Waals surface area (Å²) in [6.45, 7) is 0. The molecule has 3 rings (SSSR count). The van der Waals surface area contributed by atoms with Gasteiger partial charge in [0, 0.05) is 12.5 Å². The molecule has 0 saturated heterocycles. The van der Waals surface area contributed by atoms with E-state index in [1.807, 2.05) is 0 Å². The first-order valence-corrected chi connectivity index (χ1v) is 5.98. The van der Waals surface area contributed by atoms with Gasteiger partial charge in [0.15, 0.2) is 0 Å². The van der Waals surface area contributed by atoms with Crippen molar-refractivity contribution in [2.45, 2.75) is 18.3 Å². The van der Waals surface area contributed by atoms with E-state index >= 15 is 0 Å². The molecule has 1 aliphatic carbocycles. The minimum atomic E-state index is 0.336. The zero-order valence-electron chi connectivity index (χ0n) is 10.1. The molecule has 0 aromatic heterocycles. The van der Waals surface area contributed by atoms with Crippen LogP contribution in [0.25, 0.3) is 0 Å². The average Bonchev–Trinajstić information content (AvgIpc) is 3.25. The second-order valence-corrected chi connectivity index (χ2v) is 4.31. The largest absolute Gasteiger partial charge is 0.400 e. The average molecular weight is 226 g/mol. The van der Waals surface area contributed by atoms with Crippen LogP contribution in [-0.4, -0.2) is 12.2 Å². The van der Waals surface area contributed by atoms with Crippen LogP contribution in [0.3, 0.4) is 0 Å². The highest BCUT2D eigenvalue weighted by molar-refractivity contribution is 5.44. The smallest absolute Gasteiger partial charge is 0.0319 e. The van der Waals surface area contributed by atoms with E-state index in [0.29, 0.717) is 5.41 Å². The molecular formula is C16H18O. The van der Waals surface area contributed by atoms with Gasteiger partial charge in [0.2, 0.25) is 0 Å². The Balaban J connectivity index is 0.000000514. The maximum Gasteiger partial charge on any atom is 0.0319 e. The lowest BCUT2D eigenvalue weighted by atomic mass is 9.88. The molecule has 1 fully saturated rings. The van der Waals surface area contributed by atoms with Gasteiger partial charge in [-0.3, -0.25) is 0 Å². The summed E-state index contributed by atoms with van der Waals surface area (Å²) < 4.78 is 0. The van der Waals surface area contributed by atoms with Crippen LogP contribution < -0.4 is 0 Å². The Labute approximate surface area is 103 Å². The van der Waals surface area contributed by atoms with Crippen molar-refractivity contribution < 1.29 is 5.11 Å². The summed E-state index contributed by atoms with van der Waals surface area (Å²) in [5.41, 5.74) is 3.27. The van der Waals surface area contributed by atoms with Gasteiger partial charge in [0.25, 0.3) is 0 Å². The minimum absolute atomic E-state index is 0.336. The van der Waals surface area contributed by atoms with E-state index in [9.17, 15) is 0 Å². The Hall–Kier alpha value is -1.60. The zero-order valence-corrected chi connectivity index (χ0v) is 10.1. The molecule has 1 nitrogen and oxygen atoms in total. The lowest BCUT2D eigenvalue weighted by Gasteiger charge is -2.15. The Kier molecular flexibility index (Phi) is 3.60. The van der Waals surface area contributed by atoms with Crippen LogP contribution in [0.5, 0.6) is 0 Å². The molecule has 2 aromatic carbocycles. The molecule has 0 aliphatic heterocycles.